The number of benzene rings is 1. The first-order valence-electron chi connectivity index (χ1n) is 8.68. The van der Waals surface area contributed by atoms with Crippen molar-refractivity contribution in [2.75, 3.05) is 25.2 Å². The number of amides is 1. The molecule has 0 aliphatic carbocycles. The van der Waals surface area contributed by atoms with Crippen LogP contribution >= 0.6 is 0 Å². The lowest BCUT2D eigenvalue weighted by atomic mass is 9.94. The van der Waals surface area contributed by atoms with Crippen LogP contribution in [0, 0.1) is 6.92 Å². The molecule has 2 aliphatic heterocycles. The van der Waals surface area contributed by atoms with E-state index in [2.05, 4.69) is 10.6 Å². The molecule has 1 aromatic heterocycles. The van der Waals surface area contributed by atoms with Crippen molar-refractivity contribution in [1.29, 1.82) is 0 Å². The van der Waals surface area contributed by atoms with Gasteiger partial charge in [0.1, 0.15) is 11.3 Å². The van der Waals surface area contributed by atoms with E-state index in [9.17, 15) is 9.59 Å². The Morgan fingerprint density at radius 3 is 2.69 bits per heavy atom. The largest absolute Gasteiger partial charge is 0.454 e. The molecule has 4 rings (SSSR count). The molecule has 3 heterocycles. The standard InChI is InChI=1S/C19H20N2O5/c1-11-8-15(12-4-6-20-7-5-12)26-19(23)17(11)18(22)21-13-2-3-14-16(9-13)25-10-24-14/h2-3,8-9,12,20H,4-7,10H2,1H3,(H,21,22). The van der Waals surface area contributed by atoms with Gasteiger partial charge in [0.15, 0.2) is 11.5 Å². The molecular formula is C19H20N2O5. The van der Waals surface area contributed by atoms with Crippen molar-refractivity contribution in [3.8, 4) is 11.5 Å². The lowest BCUT2D eigenvalue weighted by Gasteiger charge is -2.21. The summed E-state index contributed by atoms with van der Waals surface area (Å²) in [5.74, 6) is 1.58. The smallest absolute Gasteiger partial charge is 0.349 e. The van der Waals surface area contributed by atoms with E-state index >= 15 is 0 Å². The van der Waals surface area contributed by atoms with Gasteiger partial charge in [-0.3, -0.25) is 4.79 Å². The minimum atomic E-state index is -0.600. The number of aryl methyl sites for hydroxylation is 1. The first-order valence-corrected chi connectivity index (χ1v) is 8.68. The molecule has 1 amide bonds. The van der Waals surface area contributed by atoms with Gasteiger partial charge in [0.25, 0.3) is 5.91 Å². The van der Waals surface area contributed by atoms with Crippen LogP contribution in [-0.2, 0) is 0 Å². The summed E-state index contributed by atoms with van der Waals surface area (Å²) < 4.78 is 16.0. The fraction of sp³-hybridized carbons (Fsp3) is 0.368. The summed E-state index contributed by atoms with van der Waals surface area (Å²) in [5, 5.41) is 6.01. The highest BCUT2D eigenvalue weighted by Crippen LogP contribution is 2.34. The molecule has 1 saturated heterocycles. The molecule has 0 radical (unpaired) electrons. The summed E-state index contributed by atoms with van der Waals surface area (Å²) >= 11 is 0. The fourth-order valence-corrected chi connectivity index (χ4v) is 3.38. The van der Waals surface area contributed by atoms with Crippen LogP contribution in [-0.4, -0.2) is 25.8 Å². The van der Waals surface area contributed by atoms with E-state index in [-0.39, 0.29) is 18.3 Å². The summed E-state index contributed by atoms with van der Waals surface area (Å²) in [7, 11) is 0. The monoisotopic (exact) mass is 356 g/mol. The maximum absolute atomic E-state index is 12.6. The third-order valence-electron chi connectivity index (χ3n) is 4.77. The van der Waals surface area contributed by atoms with Crippen molar-refractivity contribution < 1.29 is 18.7 Å². The highest BCUT2D eigenvalue weighted by molar-refractivity contribution is 6.05. The first-order chi connectivity index (χ1) is 12.6. The summed E-state index contributed by atoms with van der Waals surface area (Å²) in [5.41, 5.74) is 0.575. The average Bonchev–Trinajstić information content (AvgIpc) is 3.09. The van der Waals surface area contributed by atoms with Gasteiger partial charge in [0.05, 0.1) is 0 Å². The lowest BCUT2D eigenvalue weighted by molar-refractivity contribution is 0.102. The third-order valence-corrected chi connectivity index (χ3v) is 4.77. The third kappa shape index (κ3) is 3.17. The number of rotatable bonds is 3. The predicted octanol–water partition coefficient (Wildman–Crippen LogP) is 2.40. The minimum Gasteiger partial charge on any atom is -0.454 e. The van der Waals surface area contributed by atoms with Crippen LogP contribution in [0.5, 0.6) is 11.5 Å². The molecule has 7 heteroatoms. The molecule has 26 heavy (non-hydrogen) atoms. The Bertz CT molecular complexity index is 899. The molecule has 0 spiro atoms. The van der Waals surface area contributed by atoms with Gasteiger partial charge in [0.2, 0.25) is 6.79 Å². The normalized spacial score (nSPS) is 16.5. The van der Waals surface area contributed by atoms with Gasteiger partial charge < -0.3 is 24.5 Å². The SMILES string of the molecule is Cc1cc(C2CCNCC2)oc(=O)c1C(=O)Nc1ccc2c(c1)OCO2. The van der Waals surface area contributed by atoms with E-state index in [0.717, 1.165) is 25.9 Å². The number of nitrogens with one attached hydrogen (secondary N) is 2. The molecule has 2 aliphatic rings. The molecule has 0 saturated carbocycles. The Morgan fingerprint density at radius 1 is 1.15 bits per heavy atom. The lowest BCUT2D eigenvalue weighted by Crippen LogP contribution is -2.28. The zero-order chi connectivity index (χ0) is 18.1. The van der Waals surface area contributed by atoms with Crippen molar-refractivity contribution in [2.24, 2.45) is 0 Å². The van der Waals surface area contributed by atoms with Crippen LogP contribution in [0.2, 0.25) is 0 Å². The van der Waals surface area contributed by atoms with Gasteiger partial charge in [0, 0.05) is 17.7 Å². The first kappa shape index (κ1) is 16.7. The number of hydrogen-bond donors (Lipinski definition) is 2. The quantitative estimate of drug-likeness (QED) is 0.878. The van der Waals surface area contributed by atoms with Gasteiger partial charge in [-0.2, -0.15) is 0 Å². The van der Waals surface area contributed by atoms with Crippen molar-refractivity contribution in [1.82, 2.24) is 5.32 Å². The highest BCUT2D eigenvalue weighted by Gasteiger charge is 2.23. The number of carbonyl (C=O) groups excluding carboxylic acids is 1. The molecule has 7 nitrogen and oxygen atoms in total. The van der Waals surface area contributed by atoms with Crippen molar-refractivity contribution in [3.63, 3.8) is 0 Å². The van der Waals surface area contributed by atoms with Crippen LogP contribution in [0.4, 0.5) is 5.69 Å². The van der Waals surface area contributed by atoms with Crippen LogP contribution in [0.3, 0.4) is 0 Å². The van der Waals surface area contributed by atoms with Gasteiger partial charge in [-0.1, -0.05) is 0 Å². The maximum atomic E-state index is 12.6. The molecule has 1 aromatic carbocycles. The number of piperidine rings is 1. The zero-order valence-corrected chi connectivity index (χ0v) is 14.5. The molecular weight excluding hydrogens is 336 g/mol. The van der Waals surface area contributed by atoms with E-state index < -0.39 is 11.5 Å². The Morgan fingerprint density at radius 2 is 1.92 bits per heavy atom. The molecule has 0 atom stereocenters. The van der Waals surface area contributed by atoms with Gasteiger partial charge in [-0.05, 0) is 56.6 Å². The van der Waals surface area contributed by atoms with Gasteiger partial charge >= 0.3 is 5.63 Å². The molecule has 0 unspecified atom stereocenters. The Kier molecular flexibility index (Phi) is 4.38. The summed E-state index contributed by atoms with van der Waals surface area (Å²) in [6.45, 7) is 3.73. The molecule has 0 bridgehead atoms. The van der Waals surface area contributed by atoms with Crippen molar-refractivity contribution >= 4 is 11.6 Å². The Labute approximate surface area is 150 Å². The average molecular weight is 356 g/mol. The minimum absolute atomic E-state index is 0.0281. The van der Waals surface area contributed by atoms with Crippen LogP contribution in [0.15, 0.2) is 33.5 Å². The van der Waals surface area contributed by atoms with Gasteiger partial charge in [-0.25, -0.2) is 4.79 Å². The number of ether oxygens (including phenoxy) is 2. The number of carbonyl (C=O) groups is 1. The summed E-state index contributed by atoms with van der Waals surface area (Å²) in [6.07, 6.45) is 1.84. The van der Waals surface area contributed by atoms with E-state index in [1.54, 1.807) is 25.1 Å². The number of fused-ring (bicyclic) bond motifs is 1. The maximum Gasteiger partial charge on any atom is 0.349 e. The van der Waals surface area contributed by atoms with Crippen LogP contribution in [0.25, 0.3) is 0 Å². The van der Waals surface area contributed by atoms with Crippen LogP contribution < -0.4 is 25.7 Å². The Balaban J connectivity index is 1.56. The van der Waals surface area contributed by atoms with E-state index in [4.69, 9.17) is 13.9 Å². The van der Waals surface area contributed by atoms with Crippen LogP contribution in [0.1, 0.15) is 40.4 Å². The molecule has 2 aromatic rings. The van der Waals surface area contributed by atoms with E-state index in [0.29, 0.717) is 28.5 Å². The topological polar surface area (TPSA) is 89.8 Å². The van der Waals surface area contributed by atoms with Crippen molar-refractivity contribution in [2.45, 2.75) is 25.7 Å². The summed E-state index contributed by atoms with van der Waals surface area (Å²) in [6, 6.07) is 6.89. The van der Waals surface area contributed by atoms with Gasteiger partial charge in [-0.15, -0.1) is 0 Å². The van der Waals surface area contributed by atoms with E-state index in [1.807, 2.05) is 6.07 Å². The fourth-order valence-electron chi connectivity index (χ4n) is 3.38. The molecule has 2 N–H and O–H groups in total. The zero-order valence-electron chi connectivity index (χ0n) is 14.5. The van der Waals surface area contributed by atoms with E-state index in [1.165, 1.54) is 0 Å². The second-order valence-electron chi connectivity index (χ2n) is 6.54. The molecule has 1 fully saturated rings. The highest BCUT2D eigenvalue weighted by atomic mass is 16.7. The second-order valence-corrected chi connectivity index (χ2v) is 6.54. The molecule has 136 valence electrons. The Hall–Kier alpha value is -2.80. The number of hydrogen-bond acceptors (Lipinski definition) is 6. The predicted molar refractivity (Wildman–Crippen MR) is 95.1 cm³/mol. The number of anilines is 1. The summed E-state index contributed by atoms with van der Waals surface area (Å²) in [4.78, 5) is 25.0. The second kappa shape index (κ2) is 6.84. The van der Waals surface area contributed by atoms with Crippen molar-refractivity contribution in [3.05, 3.63) is 51.6 Å².